The number of benzene rings is 1. The van der Waals surface area contributed by atoms with Crippen LogP contribution in [0.1, 0.15) is 11.3 Å². The Bertz CT molecular complexity index is 1080. The largest absolute Gasteiger partial charge is 0.360 e. The molecule has 1 N–H and O–H groups in total. The molecule has 0 atom stereocenters. The average Bonchev–Trinajstić information content (AvgIpc) is 2.99. The van der Waals surface area contributed by atoms with E-state index in [9.17, 15) is 4.79 Å². The number of hydrogen-bond acceptors (Lipinski definition) is 4. The highest BCUT2D eigenvalue weighted by Gasteiger charge is 2.14. The summed E-state index contributed by atoms with van der Waals surface area (Å²) in [6, 6.07) is 9.07. The molecule has 0 spiro atoms. The SMILES string of the molecule is C=CC(=O)Nc1cc(C)cc(-c2cc3c(C)nn(COCC[Si](C)(C)C)c3cn2)c1. The Morgan fingerprint density at radius 2 is 2.00 bits per heavy atom. The second-order valence-corrected chi connectivity index (χ2v) is 14.4. The third kappa shape index (κ3) is 5.43. The zero-order valence-electron chi connectivity index (χ0n) is 18.5. The van der Waals surface area contributed by atoms with E-state index in [-0.39, 0.29) is 5.91 Å². The number of ether oxygens (including phenoxy) is 1. The molecule has 0 bridgehead atoms. The van der Waals surface area contributed by atoms with Crippen LogP contribution in [0.4, 0.5) is 5.69 Å². The van der Waals surface area contributed by atoms with E-state index in [0.29, 0.717) is 6.73 Å². The zero-order valence-corrected chi connectivity index (χ0v) is 19.5. The van der Waals surface area contributed by atoms with E-state index in [0.717, 1.165) is 51.8 Å². The van der Waals surface area contributed by atoms with Crippen LogP contribution in [-0.2, 0) is 16.3 Å². The Morgan fingerprint density at radius 1 is 1.23 bits per heavy atom. The smallest absolute Gasteiger partial charge is 0.247 e. The predicted molar refractivity (Wildman–Crippen MR) is 125 cm³/mol. The summed E-state index contributed by atoms with van der Waals surface area (Å²) in [5.41, 5.74) is 5.43. The molecule has 0 saturated carbocycles. The molecule has 1 amide bonds. The fraction of sp³-hybridized carbons (Fsp3) is 0.348. The number of fused-ring (bicyclic) bond motifs is 1. The lowest BCUT2D eigenvalue weighted by Crippen LogP contribution is -2.22. The maximum atomic E-state index is 11.7. The van der Waals surface area contributed by atoms with E-state index in [1.54, 1.807) is 0 Å². The molecule has 158 valence electrons. The first-order valence-electron chi connectivity index (χ1n) is 10.1. The average molecular weight is 423 g/mol. The minimum Gasteiger partial charge on any atom is -0.360 e. The van der Waals surface area contributed by atoms with Crippen LogP contribution < -0.4 is 5.32 Å². The maximum absolute atomic E-state index is 11.7. The maximum Gasteiger partial charge on any atom is 0.247 e. The Kier molecular flexibility index (Phi) is 6.53. The number of anilines is 1. The number of aryl methyl sites for hydroxylation is 2. The van der Waals surface area contributed by atoms with Gasteiger partial charge >= 0.3 is 0 Å². The molecular formula is C23H30N4O2Si. The number of amides is 1. The summed E-state index contributed by atoms with van der Waals surface area (Å²) < 4.78 is 7.74. The van der Waals surface area contributed by atoms with Gasteiger partial charge in [-0.05, 0) is 55.8 Å². The number of aromatic nitrogens is 3. The molecule has 0 aliphatic heterocycles. The van der Waals surface area contributed by atoms with Gasteiger partial charge < -0.3 is 10.1 Å². The number of nitrogens with zero attached hydrogens (tertiary/aromatic N) is 3. The van der Waals surface area contributed by atoms with Gasteiger partial charge in [-0.3, -0.25) is 9.78 Å². The number of pyridine rings is 1. The van der Waals surface area contributed by atoms with Crippen LogP contribution in [0.3, 0.4) is 0 Å². The molecule has 3 aromatic rings. The van der Waals surface area contributed by atoms with Gasteiger partial charge in [-0.25, -0.2) is 4.68 Å². The van der Waals surface area contributed by atoms with Crippen LogP contribution in [0, 0.1) is 13.8 Å². The molecule has 0 fully saturated rings. The second-order valence-electron chi connectivity index (χ2n) is 8.80. The summed E-state index contributed by atoms with van der Waals surface area (Å²) in [7, 11) is -1.11. The van der Waals surface area contributed by atoms with Gasteiger partial charge in [0.1, 0.15) is 6.73 Å². The van der Waals surface area contributed by atoms with Crippen LogP contribution in [0.25, 0.3) is 22.2 Å². The van der Waals surface area contributed by atoms with E-state index < -0.39 is 8.07 Å². The Labute approximate surface area is 179 Å². The van der Waals surface area contributed by atoms with Crippen molar-refractivity contribution in [1.29, 1.82) is 0 Å². The highest BCUT2D eigenvalue weighted by atomic mass is 28.3. The Morgan fingerprint density at radius 3 is 2.70 bits per heavy atom. The first kappa shape index (κ1) is 21.9. The van der Waals surface area contributed by atoms with Gasteiger partial charge in [-0.2, -0.15) is 5.10 Å². The van der Waals surface area contributed by atoms with Gasteiger partial charge in [0.25, 0.3) is 0 Å². The van der Waals surface area contributed by atoms with Crippen molar-refractivity contribution < 1.29 is 9.53 Å². The van der Waals surface area contributed by atoms with E-state index in [1.165, 1.54) is 6.08 Å². The highest BCUT2D eigenvalue weighted by molar-refractivity contribution is 6.76. The minimum absolute atomic E-state index is 0.235. The molecule has 2 aromatic heterocycles. The standard InChI is InChI=1S/C23H30N4O2Si/c1-7-23(28)25-19-11-16(2)10-18(12-19)21-13-20-17(3)26-27(22(20)14-24-21)15-29-8-9-30(4,5)6/h7,10-14H,1,8-9,15H2,2-6H3,(H,25,28). The summed E-state index contributed by atoms with van der Waals surface area (Å²) in [6.45, 7) is 15.7. The lowest BCUT2D eigenvalue weighted by Gasteiger charge is -2.15. The molecule has 0 saturated heterocycles. The van der Waals surface area contributed by atoms with Crippen LogP contribution in [0.15, 0.2) is 43.1 Å². The van der Waals surface area contributed by atoms with Gasteiger partial charge in [0.05, 0.1) is 23.1 Å². The molecule has 0 radical (unpaired) electrons. The van der Waals surface area contributed by atoms with Crippen molar-refractivity contribution in [2.75, 3.05) is 11.9 Å². The molecule has 30 heavy (non-hydrogen) atoms. The van der Waals surface area contributed by atoms with Gasteiger partial charge in [0, 0.05) is 31.3 Å². The van der Waals surface area contributed by atoms with Crippen LogP contribution in [0.2, 0.25) is 25.7 Å². The number of carbonyl (C=O) groups excluding carboxylic acids is 1. The van der Waals surface area contributed by atoms with Crippen molar-refractivity contribution >= 4 is 30.6 Å². The third-order valence-electron chi connectivity index (χ3n) is 4.86. The summed E-state index contributed by atoms with van der Waals surface area (Å²) in [4.78, 5) is 16.3. The summed E-state index contributed by atoms with van der Waals surface area (Å²) in [5, 5.41) is 8.51. The molecule has 7 heteroatoms. The molecule has 6 nitrogen and oxygen atoms in total. The summed E-state index contributed by atoms with van der Waals surface area (Å²) >= 11 is 0. The quantitative estimate of drug-likeness (QED) is 0.310. The minimum atomic E-state index is -1.11. The van der Waals surface area contributed by atoms with Crippen LogP contribution >= 0.6 is 0 Å². The van der Waals surface area contributed by atoms with Crippen molar-refractivity contribution in [3.05, 3.63) is 54.4 Å². The first-order chi connectivity index (χ1) is 14.2. The predicted octanol–water partition coefficient (Wildman–Crippen LogP) is 5.15. The molecule has 0 aliphatic rings. The number of carbonyl (C=O) groups is 1. The second kappa shape index (κ2) is 8.93. The summed E-state index contributed by atoms with van der Waals surface area (Å²) in [6.07, 6.45) is 3.10. The van der Waals surface area contributed by atoms with E-state index in [2.05, 4.69) is 47.7 Å². The van der Waals surface area contributed by atoms with Gasteiger partial charge in [-0.15, -0.1) is 0 Å². The van der Waals surface area contributed by atoms with Crippen molar-refractivity contribution in [1.82, 2.24) is 14.8 Å². The Balaban J connectivity index is 1.85. The fourth-order valence-corrected chi connectivity index (χ4v) is 3.97. The van der Waals surface area contributed by atoms with Gasteiger partial charge in [0.2, 0.25) is 5.91 Å². The van der Waals surface area contributed by atoms with Crippen molar-refractivity contribution in [2.24, 2.45) is 0 Å². The fourth-order valence-electron chi connectivity index (χ4n) is 3.21. The van der Waals surface area contributed by atoms with Crippen LogP contribution in [0.5, 0.6) is 0 Å². The van der Waals surface area contributed by atoms with E-state index in [4.69, 9.17) is 4.74 Å². The molecule has 0 aliphatic carbocycles. The number of nitrogens with one attached hydrogen (secondary N) is 1. The monoisotopic (exact) mass is 422 g/mol. The topological polar surface area (TPSA) is 69.0 Å². The van der Waals surface area contributed by atoms with E-state index in [1.807, 2.05) is 42.9 Å². The third-order valence-corrected chi connectivity index (χ3v) is 6.56. The highest BCUT2D eigenvalue weighted by Crippen LogP contribution is 2.27. The van der Waals surface area contributed by atoms with Crippen molar-refractivity contribution in [3.8, 4) is 11.3 Å². The molecular weight excluding hydrogens is 392 g/mol. The molecule has 2 heterocycles. The lowest BCUT2D eigenvalue weighted by atomic mass is 10.1. The zero-order chi connectivity index (χ0) is 21.9. The molecule has 3 rings (SSSR count). The number of hydrogen-bond donors (Lipinski definition) is 1. The van der Waals surface area contributed by atoms with Crippen molar-refractivity contribution in [3.63, 3.8) is 0 Å². The normalized spacial score (nSPS) is 11.6. The van der Waals surface area contributed by atoms with Gasteiger partial charge in [0.15, 0.2) is 0 Å². The summed E-state index contributed by atoms with van der Waals surface area (Å²) in [5.74, 6) is -0.235. The van der Waals surface area contributed by atoms with Crippen molar-refractivity contribution in [2.45, 2.75) is 46.3 Å². The Hall–Kier alpha value is -2.77. The number of rotatable bonds is 8. The van der Waals surface area contributed by atoms with Crippen LogP contribution in [-0.4, -0.2) is 35.4 Å². The lowest BCUT2D eigenvalue weighted by molar-refractivity contribution is -0.111. The first-order valence-corrected chi connectivity index (χ1v) is 13.8. The molecule has 0 unspecified atom stereocenters. The van der Waals surface area contributed by atoms with E-state index >= 15 is 0 Å². The molecule has 1 aromatic carbocycles. The van der Waals surface area contributed by atoms with Gasteiger partial charge in [-0.1, -0.05) is 26.2 Å².